The number of aryl methyl sites for hydroxylation is 2. The number of fused-ring (bicyclic) bond motifs is 1. The van der Waals surface area contributed by atoms with Crippen molar-refractivity contribution in [3.63, 3.8) is 0 Å². The van der Waals surface area contributed by atoms with Crippen molar-refractivity contribution in [2.75, 3.05) is 0 Å². The summed E-state index contributed by atoms with van der Waals surface area (Å²) in [5, 5.41) is 1.64. The Balaban J connectivity index is 1.50. The second kappa shape index (κ2) is 7.17. The SMILES string of the molecule is Cc1[nH]c(SCc2nc3cc(Cl)ccc3n2C)nc1Cc1ccccc1. The normalized spacial score (nSPS) is 11.3. The Labute approximate surface area is 161 Å². The van der Waals surface area contributed by atoms with Gasteiger partial charge in [-0.25, -0.2) is 9.97 Å². The van der Waals surface area contributed by atoms with E-state index in [0.29, 0.717) is 5.02 Å². The second-order valence-corrected chi connectivity index (χ2v) is 7.69. The average molecular weight is 383 g/mol. The summed E-state index contributed by atoms with van der Waals surface area (Å²) in [5.74, 6) is 1.76. The van der Waals surface area contributed by atoms with Crippen molar-refractivity contribution in [3.8, 4) is 0 Å². The van der Waals surface area contributed by atoms with E-state index in [0.717, 1.165) is 45.6 Å². The third-order valence-electron chi connectivity index (χ3n) is 4.45. The summed E-state index contributed by atoms with van der Waals surface area (Å²) in [6.45, 7) is 2.08. The Morgan fingerprint density at radius 3 is 2.73 bits per heavy atom. The largest absolute Gasteiger partial charge is 0.337 e. The van der Waals surface area contributed by atoms with E-state index in [1.165, 1.54) is 5.56 Å². The molecule has 0 radical (unpaired) electrons. The van der Waals surface area contributed by atoms with Crippen LogP contribution in [0.3, 0.4) is 0 Å². The zero-order valence-electron chi connectivity index (χ0n) is 14.7. The molecule has 4 aromatic rings. The summed E-state index contributed by atoms with van der Waals surface area (Å²) < 4.78 is 2.11. The van der Waals surface area contributed by atoms with Crippen LogP contribution < -0.4 is 0 Å². The van der Waals surface area contributed by atoms with Crippen molar-refractivity contribution in [2.45, 2.75) is 24.3 Å². The molecule has 0 atom stereocenters. The fourth-order valence-corrected chi connectivity index (χ4v) is 4.07. The lowest BCUT2D eigenvalue weighted by molar-refractivity contribution is 0.873. The molecule has 0 unspecified atom stereocenters. The van der Waals surface area contributed by atoms with Gasteiger partial charge in [0.15, 0.2) is 5.16 Å². The van der Waals surface area contributed by atoms with E-state index in [1.54, 1.807) is 11.8 Å². The molecule has 132 valence electrons. The van der Waals surface area contributed by atoms with Crippen molar-refractivity contribution < 1.29 is 0 Å². The van der Waals surface area contributed by atoms with Gasteiger partial charge in [0.2, 0.25) is 0 Å². The summed E-state index contributed by atoms with van der Waals surface area (Å²) in [5.41, 5.74) is 5.50. The lowest BCUT2D eigenvalue weighted by atomic mass is 10.1. The number of thioether (sulfide) groups is 1. The predicted molar refractivity (Wildman–Crippen MR) is 108 cm³/mol. The van der Waals surface area contributed by atoms with Gasteiger partial charge in [-0.05, 0) is 30.7 Å². The molecule has 1 N–H and O–H groups in total. The molecule has 4 nitrogen and oxygen atoms in total. The van der Waals surface area contributed by atoms with Crippen LogP contribution in [0.5, 0.6) is 0 Å². The molecule has 0 amide bonds. The fraction of sp³-hybridized carbons (Fsp3) is 0.200. The molecule has 6 heteroatoms. The standard InChI is InChI=1S/C20H19ClN4S/c1-13-16(10-14-6-4-3-5-7-14)24-20(22-13)26-12-19-23-17-11-15(21)8-9-18(17)25(19)2/h3-9,11H,10,12H2,1-2H3,(H,22,24). The van der Waals surface area contributed by atoms with Crippen LogP contribution in [0.4, 0.5) is 0 Å². The van der Waals surface area contributed by atoms with Crippen molar-refractivity contribution >= 4 is 34.4 Å². The quantitative estimate of drug-likeness (QED) is 0.486. The number of halogens is 1. The molecular weight excluding hydrogens is 364 g/mol. The molecule has 0 bridgehead atoms. The highest BCUT2D eigenvalue weighted by molar-refractivity contribution is 7.98. The number of rotatable bonds is 5. The van der Waals surface area contributed by atoms with E-state index in [2.05, 4.69) is 40.7 Å². The minimum Gasteiger partial charge on any atom is -0.337 e. The van der Waals surface area contributed by atoms with Gasteiger partial charge in [-0.2, -0.15) is 0 Å². The highest BCUT2D eigenvalue weighted by Gasteiger charge is 2.12. The molecule has 0 aliphatic carbocycles. The Morgan fingerprint density at radius 1 is 1.12 bits per heavy atom. The fourth-order valence-electron chi connectivity index (χ4n) is 2.98. The molecule has 0 saturated carbocycles. The average Bonchev–Trinajstić information content (AvgIpc) is 3.13. The molecule has 26 heavy (non-hydrogen) atoms. The van der Waals surface area contributed by atoms with Gasteiger partial charge in [-0.1, -0.05) is 53.7 Å². The van der Waals surface area contributed by atoms with E-state index in [4.69, 9.17) is 21.6 Å². The third kappa shape index (κ3) is 3.50. The van der Waals surface area contributed by atoms with Gasteiger partial charge in [-0.3, -0.25) is 0 Å². The molecule has 0 spiro atoms. The summed E-state index contributed by atoms with van der Waals surface area (Å²) in [6, 6.07) is 16.2. The number of hydrogen-bond donors (Lipinski definition) is 1. The van der Waals surface area contributed by atoms with E-state index in [1.807, 2.05) is 31.3 Å². The van der Waals surface area contributed by atoms with E-state index in [-0.39, 0.29) is 0 Å². The zero-order valence-corrected chi connectivity index (χ0v) is 16.2. The van der Waals surface area contributed by atoms with Gasteiger partial charge in [0, 0.05) is 24.2 Å². The minimum atomic E-state index is 0.710. The molecule has 0 aliphatic rings. The minimum absolute atomic E-state index is 0.710. The van der Waals surface area contributed by atoms with Gasteiger partial charge in [0.1, 0.15) is 5.82 Å². The monoisotopic (exact) mass is 382 g/mol. The first-order valence-electron chi connectivity index (χ1n) is 8.43. The maximum Gasteiger partial charge on any atom is 0.166 e. The van der Waals surface area contributed by atoms with E-state index < -0.39 is 0 Å². The topological polar surface area (TPSA) is 46.5 Å². The van der Waals surface area contributed by atoms with Crippen molar-refractivity contribution in [3.05, 3.63) is 76.3 Å². The van der Waals surface area contributed by atoms with Crippen LogP contribution in [0.25, 0.3) is 11.0 Å². The molecule has 0 saturated heterocycles. The number of aromatic amines is 1. The Morgan fingerprint density at radius 2 is 1.92 bits per heavy atom. The van der Waals surface area contributed by atoms with Crippen LogP contribution in [0, 0.1) is 6.92 Å². The van der Waals surface area contributed by atoms with Gasteiger partial charge in [-0.15, -0.1) is 0 Å². The van der Waals surface area contributed by atoms with Gasteiger partial charge >= 0.3 is 0 Å². The molecule has 0 aliphatic heterocycles. The first-order valence-corrected chi connectivity index (χ1v) is 9.79. The first-order chi connectivity index (χ1) is 12.6. The van der Waals surface area contributed by atoms with E-state index >= 15 is 0 Å². The summed E-state index contributed by atoms with van der Waals surface area (Å²) in [4.78, 5) is 12.9. The number of nitrogens with one attached hydrogen (secondary N) is 1. The number of hydrogen-bond acceptors (Lipinski definition) is 3. The van der Waals surface area contributed by atoms with Crippen molar-refractivity contribution in [2.24, 2.45) is 7.05 Å². The Hall–Kier alpha value is -2.24. The summed E-state index contributed by atoms with van der Waals surface area (Å²) in [7, 11) is 2.04. The zero-order chi connectivity index (χ0) is 18.1. The van der Waals surface area contributed by atoms with Crippen molar-refractivity contribution in [1.82, 2.24) is 19.5 Å². The molecule has 2 aromatic heterocycles. The number of H-pyrrole nitrogens is 1. The Bertz CT molecular complexity index is 1050. The smallest absolute Gasteiger partial charge is 0.166 e. The van der Waals surface area contributed by atoms with Crippen LogP contribution in [0.1, 0.15) is 22.8 Å². The number of benzene rings is 2. The van der Waals surface area contributed by atoms with Crippen LogP contribution in [-0.4, -0.2) is 19.5 Å². The predicted octanol–water partition coefficient (Wildman–Crippen LogP) is 5.14. The maximum atomic E-state index is 6.07. The van der Waals surface area contributed by atoms with Crippen LogP contribution in [0.2, 0.25) is 5.02 Å². The lowest BCUT2D eigenvalue weighted by Gasteiger charge is -2.00. The van der Waals surface area contributed by atoms with Crippen molar-refractivity contribution in [1.29, 1.82) is 0 Å². The Kier molecular flexibility index (Phi) is 4.74. The molecule has 4 rings (SSSR count). The number of imidazole rings is 2. The molecule has 2 aromatic carbocycles. The van der Waals surface area contributed by atoms with Crippen LogP contribution >= 0.6 is 23.4 Å². The lowest BCUT2D eigenvalue weighted by Crippen LogP contribution is -1.95. The third-order valence-corrected chi connectivity index (χ3v) is 5.56. The second-order valence-electron chi connectivity index (χ2n) is 6.28. The number of aromatic nitrogens is 4. The molecular formula is C20H19ClN4S. The van der Waals surface area contributed by atoms with Crippen LogP contribution in [-0.2, 0) is 19.2 Å². The van der Waals surface area contributed by atoms with Crippen LogP contribution in [0.15, 0.2) is 53.7 Å². The molecule has 2 heterocycles. The summed E-state index contributed by atoms with van der Waals surface area (Å²) >= 11 is 7.74. The number of nitrogens with zero attached hydrogens (tertiary/aromatic N) is 3. The summed E-state index contributed by atoms with van der Waals surface area (Å²) in [6.07, 6.45) is 0.842. The van der Waals surface area contributed by atoms with Gasteiger partial charge in [0.05, 0.1) is 22.5 Å². The highest BCUT2D eigenvalue weighted by Crippen LogP contribution is 2.25. The molecule has 0 fully saturated rings. The highest BCUT2D eigenvalue weighted by atomic mass is 35.5. The van der Waals surface area contributed by atoms with Gasteiger partial charge < -0.3 is 9.55 Å². The maximum absolute atomic E-state index is 6.07. The van der Waals surface area contributed by atoms with E-state index in [9.17, 15) is 0 Å². The first kappa shape index (κ1) is 17.2. The van der Waals surface area contributed by atoms with Gasteiger partial charge in [0.25, 0.3) is 0 Å².